The van der Waals surface area contributed by atoms with Crippen LogP contribution in [-0.4, -0.2) is 53.8 Å². The van der Waals surface area contributed by atoms with Crippen LogP contribution in [0.2, 0.25) is 118 Å². The average molecular weight is 597 g/mol. The predicted molar refractivity (Wildman–Crippen MR) is 187 cm³/mol. The van der Waals surface area contributed by atoms with Crippen LogP contribution in [0.3, 0.4) is 0 Å². The van der Waals surface area contributed by atoms with Gasteiger partial charge in [0.15, 0.2) is 0 Å². The van der Waals surface area contributed by atoms with Crippen molar-refractivity contribution < 1.29 is 0 Å². The minimum Gasteiger partial charge on any atom is -0.0881 e. The third-order valence-electron chi connectivity index (χ3n) is 7.54. The largest absolute Gasteiger partial charge is 0.0881 e. The maximum absolute atomic E-state index is 5.93. The highest BCUT2D eigenvalue weighted by Crippen LogP contribution is 2.46. The summed E-state index contributed by atoms with van der Waals surface area (Å²) in [5, 5.41) is 4.32. The maximum atomic E-state index is 5.93. The molecule has 0 unspecified atom stereocenters. The molecule has 0 amide bonds. The zero-order valence-electron chi connectivity index (χ0n) is 26.9. The van der Waals surface area contributed by atoms with Crippen LogP contribution in [0.25, 0.3) is 0 Å². The number of benzene rings is 1. The summed E-state index contributed by atoms with van der Waals surface area (Å²) >= 11 is 5.93. The van der Waals surface area contributed by atoms with Crippen LogP contribution in [0.4, 0.5) is 0 Å². The molecule has 1 aromatic carbocycles. The SMILES string of the molecule is C[Si](C)(C)C(c1cc(C([Si](C)(C)C)[Si](C)(C)C)c(C=S)c(C([Si](C)(C)C)[Si](C)(C)C)c1)[Si](C)(C)C. The molecule has 1 aromatic rings. The second kappa shape index (κ2) is 10.6. The Morgan fingerprint density at radius 2 is 0.686 bits per heavy atom. The van der Waals surface area contributed by atoms with E-state index in [1.54, 1.807) is 16.7 Å². The minimum absolute atomic E-state index is 0.718. The molecule has 0 saturated heterocycles. The van der Waals surface area contributed by atoms with Crippen molar-refractivity contribution in [2.45, 2.75) is 133 Å². The molecule has 0 N–H and O–H groups in total. The van der Waals surface area contributed by atoms with Crippen molar-refractivity contribution in [3.8, 4) is 0 Å². The molecule has 0 fully saturated rings. The molecule has 0 bridgehead atoms. The van der Waals surface area contributed by atoms with Gasteiger partial charge in [-0.1, -0.05) is 142 Å². The molecule has 0 aliphatic rings. The maximum Gasteiger partial charge on any atom is 0.0493 e. The molecule has 0 atom stereocenters. The van der Waals surface area contributed by atoms with Gasteiger partial charge in [0.05, 0.1) is 0 Å². The van der Waals surface area contributed by atoms with E-state index in [2.05, 4.69) is 135 Å². The Bertz CT molecular complexity index is 801. The van der Waals surface area contributed by atoms with Gasteiger partial charge in [0.1, 0.15) is 0 Å². The number of hydrogen-bond donors (Lipinski definition) is 0. The van der Waals surface area contributed by atoms with Crippen molar-refractivity contribution in [3.63, 3.8) is 0 Å². The first-order valence-electron chi connectivity index (χ1n) is 13.8. The standard InChI is InChI=1S/C28H60SSi6/c1-30(2,3)26(31(4,5)6)22-19-23(27(32(7,8)9)33(10,11)12)25(21-29)24(20-22)28(34(13,14)15)35(16,17)18/h19-21,26-28H,1-18H3. The lowest BCUT2D eigenvalue weighted by atomic mass is 10.0. The summed E-state index contributed by atoms with van der Waals surface area (Å²) in [7, 11) is -8.71. The van der Waals surface area contributed by atoms with Crippen molar-refractivity contribution in [1.82, 2.24) is 0 Å². The molecule has 0 aromatic heterocycles. The van der Waals surface area contributed by atoms with Gasteiger partial charge in [0.2, 0.25) is 0 Å². The van der Waals surface area contributed by atoms with E-state index in [9.17, 15) is 0 Å². The zero-order chi connectivity index (χ0) is 28.2. The van der Waals surface area contributed by atoms with E-state index < -0.39 is 48.4 Å². The smallest absolute Gasteiger partial charge is 0.0493 e. The highest BCUT2D eigenvalue weighted by Gasteiger charge is 2.46. The van der Waals surface area contributed by atoms with Crippen molar-refractivity contribution in [1.29, 1.82) is 0 Å². The lowest BCUT2D eigenvalue weighted by Gasteiger charge is -2.45. The molecule has 0 nitrogen and oxygen atoms in total. The van der Waals surface area contributed by atoms with Gasteiger partial charge >= 0.3 is 0 Å². The fourth-order valence-electron chi connectivity index (χ4n) is 8.27. The monoisotopic (exact) mass is 596 g/mol. The van der Waals surface area contributed by atoms with E-state index in [4.69, 9.17) is 12.2 Å². The third kappa shape index (κ3) is 8.30. The van der Waals surface area contributed by atoms with Crippen LogP contribution in [0.1, 0.15) is 37.7 Å². The van der Waals surface area contributed by atoms with Crippen LogP contribution in [0, 0.1) is 0 Å². The molecule has 202 valence electrons. The summed E-state index contributed by atoms with van der Waals surface area (Å²) in [5.41, 5.74) is 6.48. The summed E-state index contributed by atoms with van der Waals surface area (Å²) in [6.45, 7) is 47.0. The summed E-state index contributed by atoms with van der Waals surface area (Å²) in [4.78, 5) is 0. The van der Waals surface area contributed by atoms with Crippen LogP contribution in [0.15, 0.2) is 12.1 Å². The molecule has 0 saturated carbocycles. The van der Waals surface area contributed by atoms with Crippen LogP contribution in [-0.2, 0) is 0 Å². The second-order valence-corrected chi connectivity index (χ2v) is 51.6. The van der Waals surface area contributed by atoms with E-state index in [1.165, 1.54) is 5.56 Å². The average Bonchev–Trinajstić information content (AvgIpc) is 2.45. The molecule has 1 rings (SSSR count). The normalized spacial score (nSPS) is 14.9. The fourth-order valence-corrected chi connectivity index (χ4v) is 46.7. The van der Waals surface area contributed by atoms with Crippen LogP contribution in [0.5, 0.6) is 0 Å². The quantitative estimate of drug-likeness (QED) is 0.191. The first kappa shape index (κ1) is 33.6. The summed E-state index contributed by atoms with van der Waals surface area (Å²) in [5.74, 6) is 0. The van der Waals surface area contributed by atoms with Crippen molar-refractivity contribution >= 4 is 66.0 Å². The lowest BCUT2D eigenvalue weighted by molar-refractivity contribution is 1.08. The Labute approximate surface area is 232 Å². The topological polar surface area (TPSA) is 0 Å². The zero-order valence-corrected chi connectivity index (χ0v) is 33.7. The Morgan fingerprint density at radius 1 is 0.457 bits per heavy atom. The van der Waals surface area contributed by atoms with Gasteiger partial charge in [-0.2, -0.15) is 0 Å². The predicted octanol–water partition coefficient (Wildman–Crippen LogP) is 10.5. The fraction of sp³-hybridized carbons (Fsp3) is 0.750. The highest BCUT2D eigenvalue weighted by atomic mass is 32.1. The van der Waals surface area contributed by atoms with Gasteiger partial charge in [0.25, 0.3) is 0 Å². The first-order valence-corrected chi connectivity index (χ1v) is 35.7. The molecule has 0 heterocycles. The first-order chi connectivity index (χ1) is 15.1. The van der Waals surface area contributed by atoms with E-state index in [0.29, 0.717) is 0 Å². The molecule has 0 radical (unpaired) electrons. The molecular formula is C28H60SSi6. The Kier molecular flexibility index (Phi) is 10.2. The van der Waals surface area contributed by atoms with Gasteiger partial charge in [-0.3, -0.25) is 0 Å². The third-order valence-corrected chi connectivity index (χ3v) is 35.7. The van der Waals surface area contributed by atoms with E-state index >= 15 is 0 Å². The van der Waals surface area contributed by atoms with Gasteiger partial charge in [0, 0.05) is 53.8 Å². The van der Waals surface area contributed by atoms with Crippen LogP contribution < -0.4 is 0 Å². The highest BCUT2D eigenvalue weighted by molar-refractivity contribution is 7.79. The number of thiocarbonyl (C=S) groups is 1. The Balaban J connectivity index is 4.43. The Hall–Kier alpha value is 0.611. The van der Waals surface area contributed by atoms with Gasteiger partial charge in [-0.15, -0.1) is 0 Å². The molecule has 0 aliphatic carbocycles. The Morgan fingerprint density at radius 3 is 0.857 bits per heavy atom. The summed E-state index contributed by atoms with van der Waals surface area (Å²) < 4.78 is 0. The van der Waals surface area contributed by atoms with E-state index in [1.807, 2.05) is 0 Å². The number of rotatable bonds is 10. The van der Waals surface area contributed by atoms with Gasteiger partial charge in [-0.25, -0.2) is 0 Å². The minimum atomic E-state index is -1.47. The van der Waals surface area contributed by atoms with Gasteiger partial charge in [-0.05, 0) is 37.7 Å². The second-order valence-electron chi connectivity index (χ2n) is 17.7. The summed E-state index contributed by atoms with van der Waals surface area (Å²) in [6.07, 6.45) is 0. The van der Waals surface area contributed by atoms with E-state index in [0.717, 1.165) is 15.5 Å². The summed E-state index contributed by atoms with van der Waals surface area (Å²) in [6, 6.07) is 5.46. The van der Waals surface area contributed by atoms with Gasteiger partial charge < -0.3 is 0 Å². The van der Waals surface area contributed by atoms with Crippen molar-refractivity contribution in [2.75, 3.05) is 0 Å². The molecule has 7 heteroatoms. The lowest BCUT2D eigenvalue weighted by Crippen LogP contribution is -2.50. The molecule has 35 heavy (non-hydrogen) atoms. The molecular weight excluding hydrogens is 537 g/mol. The molecule has 0 spiro atoms. The number of hydrogen-bond acceptors (Lipinski definition) is 1. The van der Waals surface area contributed by atoms with Crippen LogP contribution >= 0.6 is 12.2 Å². The van der Waals surface area contributed by atoms with Crippen molar-refractivity contribution in [3.05, 3.63) is 34.4 Å². The molecule has 0 aliphatic heterocycles. The van der Waals surface area contributed by atoms with Crippen molar-refractivity contribution in [2.24, 2.45) is 0 Å². The van der Waals surface area contributed by atoms with E-state index in [-0.39, 0.29) is 0 Å².